The van der Waals surface area contributed by atoms with Crippen LogP contribution < -0.4 is 20.9 Å². The SMILES string of the molecule is C=CC[C@H](NC(=O)[C@@H]1CCc2c(Cl)nc(NCc3cccc(OC)c3)c(=O)n21)B1OC2=CC3CC(C2(C)O1)C3(C)C. The number of ether oxygens (including phenoxy) is 1. The molecule has 5 aliphatic rings. The van der Waals surface area contributed by atoms with Crippen LogP contribution >= 0.6 is 11.6 Å². The van der Waals surface area contributed by atoms with Gasteiger partial charge in [-0.3, -0.25) is 14.2 Å². The number of allylic oxidation sites excluding steroid dienone is 1. The number of fused-ring (bicyclic) bond motifs is 1. The maximum atomic E-state index is 13.7. The number of anilines is 1. The van der Waals surface area contributed by atoms with Crippen LogP contribution in [-0.4, -0.2) is 41.2 Å². The Morgan fingerprint density at radius 3 is 2.93 bits per heavy atom. The summed E-state index contributed by atoms with van der Waals surface area (Å²) in [4.78, 5) is 31.6. The van der Waals surface area contributed by atoms with Crippen LogP contribution in [0.15, 0.2) is 53.6 Å². The molecule has 3 unspecified atom stereocenters. The molecule has 3 heterocycles. The minimum atomic E-state index is -0.729. The number of carbonyl (C=O) groups is 1. The van der Waals surface area contributed by atoms with E-state index in [-0.39, 0.29) is 27.9 Å². The lowest BCUT2D eigenvalue weighted by molar-refractivity contribution is -0.125. The molecule has 2 aromatic rings. The molecule has 1 amide bonds. The minimum Gasteiger partial charge on any atom is -0.536 e. The van der Waals surface area contributed by atoms with Gasteiger partial charge in [0.15, 0.2) is 11.0 Å². The van der Waals surface area contributed by atoms with E-state index < -0.39 is 24.7 Å². The normalized spacial score (nSPS) is 27.5. The Kier molecular flexibility index (Phi) is 6.97. The number of amides is 1. The van der Waals surface area contributed by atoms with Gasteiger partial charge in [0.1, 0.15) is 23.2 Å². The molecular weight excluding hydrogens is 543 g/mol. The van der Waals surface area contributed by atoms with E-state index in [2.05, 4.69) is 49.0 Å². The molecule has 3 aliphatic carbocycles. The Morgan fingerprint density at radius 2 is 2.20 bits per heavy atom. The first-order chi connectivity index (χ1) is 19.6. The Balaban J connectivity index is 1.20. The molecule has 1 aromatic carbocycles. The third-order valence-corrected chi connectivity index (χ3v) is 9.86. The Labute approximate surface area is 245 Å². The topological polar surface area (TPSA) is 104 Å². The van der Waals surface area contributed by atoms with Gasteiger partial charge in [0.05, 0.1) is 18.7 Å². The second kappa shape index (κ2) is 10.2. The van der Waals surface area contributed by atoms with E-state index in [9.17, 15) is 9.59 Å². The zero-order valence-electron chi connectivity index (χ0n) is 23.9. The molecule has 2 aliphatic heterocycles. The molecule has 41 heavy (non-hydrogen) atoms. The van der Waals surface area contributed by atoms with Crippen LogP contribution in [0.5, 0.6) is 5.75 Å². The van der Waals surface area contributed by atoms with Gasteiger partial charge in [-0.15, -0.1) is 6.58 Å². The van der Waals surface area contributed by atoms with Crippen LogP contribution in [0.3, 0.4) is 0 Å². The number of hydrogen-bond acceptors (Lipinski definition) is 7. The summed E-state index contributed by atoms with van der Waals surface area (Å²) in [6, 6.07) is 6.79. The molecule has 2 bridgehead atoms. The Morgan fingerprint density at radius 1 is 1.39 bits per heavy atom. The molecule has 5 atom stereocenters. The lowest BCUT2D eigenvalue weighted by Crippen LogP contribution is -2.59. The van der Waals surface area contributed by atoms with Crippen molar-refractivity contribution in [3.8, 4) is 5.75 Å². The van der Waals surface area contributed by atoms with Crippen molar-refractivity contribution in [2.45, 2.75) is 70.6 Å². The summed E-state index contributed by atoms with van der Waals surface area (Å²) in [5, 5.41) is 6.41. The largest absolute Gasteiger partial charge is 0.550 e. The second-order valence-corrected chi connectivity index (χ2v) is 12.6. The van der Waals surface area contributed by atoms with E-state index in [4.69, 9.17) is 25.6 Å². The third-order valence-electron chi connectivity index (χ3n) is 9.55. The minimum absolute atomic E-state index is 0.0944. The quantitative estimate of drug-likeness (QED) is 0.335. The third kappa shape index (κ3) is 4.56. The highest BCUT2D eigenvalue weighted by Gasteiger charge is 2.66. The molecule has 0 radical (unpaired) electrons. The van der Waals surface area contributed by atoms with Gasteiger partial charge in [0, 0.05) is 6.54 Å². The molecule has 7 rings (SSSR count). The molecule has 11 heteroatoms. The van der Waals surface area contributed by atoms with E-state index >= 15 is 0 Å². The van der Waals surface area contributed by atoms with Crippen molar-refractivity contribution in [2.75, 3.05) is 12.4 Å². The first kappa shape index (κ1) is 27.9. The average Bonchev–Trinajstić information content (AvgIpc) is 3.56. The molecule has 1 saturated carbocycles. The summed E-state index contributed by atoms with van der Waals surface area (Å²) >= 11 is 6.51. The number of carbonyl (C=O) groups excluding carboxylic acids is 1. The van der Waals surface area contributed by atoms with Crippen molar-refractivity contribution in [3.05, 3.63) is 75.5 Å². The summed E-state index contributed by atoms with van der Waals surface area (Å²) in [5.74, 6) is 1.73. The van der Waals surface area contributed by atoms with E-state index in [1.54, 1.807) is 13.2 Å². The highest BCUT2D eigenvalue weighted by molar-refractivity contribution is 6.48. The fourth-order valence-corrected chi connectivity index (χ4v) is 7.35. The number of hydrogen-bond donors (Lipinski definition) is 2. The van der Waals surface area contributed by atoms with Gasteiger partial charge >= 0.3 is 7.12 Å². The second-order valence-electron chi connectivity index (χ2n) is 12.2. The summed E-state index contributed by atoms with van der Waals surface area (Å²) in [5.41, 5.74) is 0.712. The average molecular weight is 579 g/mol. The van der Waals surface area contributed by atoms with Gasteiger partial charge in [-0.05, 0) is 73.6 Å². The van der Waals surface area contributed by atoms with Crippen molar-refractivity contribution >= 4 is 30.4 Å². The smallest absolute Gasteiger partial charge is 0.536 e. The number of nitrogens with zero attached hydrogens (tertiary/aromatic N) is 2. The van der Waals surface area contributed by atoms with Crippen LogP contribution in [0.2, 0.25) is 5.15 Å². The predicted molar refractivity (Wildman–Crippen MR) is 158 cm³/mol. The monoisotopic (exact) mass is 578 g/mol. The molecule has 216 valence electrons. The van der Waals surface area contributed by atoms with Gasteiger partial charge in [-0.1, -0.05) is 43.7 Å². The first-order valence-electron chi connectivity index (χ1n) is 14.2. The van der Waals surface area contributed by atoms with E-state index in [1.807, 2.05) is 24.3 Å². The summed E-state index contributed by atoms with van der Waals surface area (Å²) in [7, 11) is 0.951. The van der Waals surface area contributed by atoms with Gasteiger partial charge in [0.2, 0.25) is 5.91 Å². The lowest BCUT2D eigenvalue weighted by atomic mass is 9.46. The van der Waals surface area contributed by atoms with Crippen LogP contribution in [0.4, 0.5) is 5.82 Å². The van der Waals surface area contributed by atoms with Gasteiger partial charge < -0.3 is 24.7 Å². The molecular formula is C30H36BClN4O5. The Hall–Kier alpha value is -3.24. The van der Waals surface area contributed by atoms with Crippen molar-refractivity contribution < 1.29 is 18.8 Å². The van der Waals surface area contributed by atoms with Crippen molar-refractivity contribution in [3.63, 3.8) is 0 Å². The van der Waals surface area contributed by atoms with Crippen LogP contribution in [-0.2, 0) is 27.1 Å². The highest BCUT2D eigenvalue weighted by Crippen LogP contribution is 2.64. The lowest BCUT2D eigenvalue weighted by Gasteiger charge is -2.60. The zero-order chi connectivity index (χ0) is 29.1. The molecule has 1 saturated heterocycles. The standard InChI is InChI=1S/C30H36BClN4O5/c1-6-8-24(31-40-23-15-18-14-22(29(18,2)3)30(23,4)41-31)34-27(37)21-12-11-20-25(32)35-26(28(38)36(20)21)33-16-17-9-7-10-19(13-17)39-5/h6-7,9-10,13,15,18,21-22,24H,1,8,11-12,14,16H2,2-5H3,(H,33,35)(H,34,37)/t18?,21-,22?,24-,30?/m0/s1. The molecule has 0 spiro atoms. The maximum absolute atomic E-state index is 13.7. The van der Waals surface area contributed by atoms with E-state index in [1.165, 1.54) is 4.57 Å². The van der Waals surface area contributed by atoms with Crippen LogP contribution in [0.25, 0.3) is 0 Å². The van der Waals surface area contributed by atoms with Crippen molar-refractivity contribution in [1.29, 1.82) is 0 Å². The Bertz CT molecular complexity index is 1490. The van der Waals surface area contributed by atoms with Crippen molar-refractivity contribution in [1.82, 2.24) is 14.9 Å². The fourth-order valence-electron chi connectivity index (χ4n) is 7.08. The first-order valence-corrected chi connectivity index (χ1v) is 14.6. The zero-order valence-corrected chi connectivity index (χ0v) is 24.7. The van der Waals surface area contributed by atoms with E-state index in [0.717, 1.165) is 17.7 Å². The molecule has 2 N–H and O–H groups in total. The van der Waals surface area contributed by atoms with Crippen molar-refractivity contribution in [2.24, 2.45) is 17.3 Å². The van der Waals surface area contributed by atoms with Gasteiger partial charge in [-0.2, -0.15) is 0 Å². The van der Waals surface area contributed by atoms with Gasteiger partial charge in [0.25, 0.3) is 5.56 Å². The molecule has 2 fully saturated rings. The number of benzene rings is 1. The molecule has 9 nitrogen and oxygen atoms in total. The number of aromatic nitrogens is 2. The summed E-state index contributed by atoms with van der Waals surface area (Å²) in [6.07, 6.45) is 6.39. The van der Waals surface area contributed by atoms with Gasteiger partial charge in [-0.25, -0.2) is 4.98 Å². The summed E-state index contributed by atoms with van der Waals surface area (Å²) < 4.78 is 19.6. The van der Waals surface area contributed by atoms with E-state index in [0.29, 0.717) is 49.1 Å². The number of halogens is 1. The van der Waals surface area contributed by atoms with Crippen LogP contribution in [0.1, 0.15) is 57.3 Å². The number of nitrogens with one attached hydrogen (secondary N) is 2. The maximum Gasteiger partial charge on any atom is 0.550 e. The number of rotatable bonds is 9. The molecule has 1 aromatic heterocycles. The van der Waals surface area contributed by atoms with Crippen LogP contribution in [0, 0.1) is 17.3 Å². The number of methoxy groups -OCH3 is 1. The fraction of sp³-hybridized carbons (Fsp3) is 0.500. The summed E-state index contributed by atoms with van der Waals surface area (Å²) in [6.45, 7) is 10.9. The predicted octanol–water partition coefficient (Wildman–Crippen LogP) is 4.46. The highest BCUT2D eigenvalue weighted by atomic mass is 35.5.